The molecule has 0 saturated carbocycles. The van der Waals surface area contributed by atoms with E-state index in [2.05, 4.69) is 0 Å². The Morgan fingerprint density at radius 1 is 1.35 bits per heavy atom. The second kappa shape index (κ2) is 6.00. The molecule has 0 aromatic rings. The molecule has 5 nitrogen and oxygen atoms in total. The van der Waals surface area contributed by atoms with Crippen LogP contribution in [0.5, 0.6) is 0 Å². The zero-order chi connectivity index (χ0) is 13.8. The molecule has 0 radical (unpaired) electrons. The predicted octanol–water partition coefficient (Wildman–Crippen LogP) is 1.07. The molecule has 0 aliphatic heterocycles. The molecule has 0 saturated heterocycles. The van der Waals surface area contributed by atoms with Crippen molar-refractivity contribution in [1.29, 1.82) is 0 Å². The SMILES string of the molecule is CCN(C(=O)[C@@H](N)CC(C)C)C(C)(C)C(=O)O. The van der Waals surface area contributed by atoms with Crippen LogP contribution in [-0.2, 0) is 9.59 Å². The normalized spacial score (nSPS) is 13.6. The number of carbonyl (C=O) groups excluding carboxylic acids is 1. The minimum atomic E-state index is -1.22. The largest absolute Gasteiger partial charge is 0.480 e. The van der Waals surface area contributed by atoms with E-state index in [1.165, 1.54) is 18.7 Å². The van der Waals surface area contributed by atoms with Gasteiger partial charge in [0, 0.05) is 6.54 Å². The van der Waals surface area contributed by atoms with Gasteiger partial charge in [-0.2, -0.15) is 0 Å². The third kappa shape index (κ3) is 4.00. The lowest BCUT2D eigenvalue weighted by molar-refractivity contribution is -0.157. The molecule has 100 valence electrons. The van der Waals surface area contributed by atoms with Gasteiger partial charge in [0.15, 0.2) is 0 Å². The maximum atomic E-state index is 12.1. The van der Waals surface area contributed by atoms with Crippen LogP contribution in [0, 0.1) is 5.92 Å². The van der Waals surface area contributed by atoms with Crippen LogP contribution < -0.4 is 5.73 Å². The van der Waals surface area contributed by atoms with E-state index < -0.39 is 17.6 Å². The van der Waals surface area contributed by atoms with Crippen LogP contribution in [0.15, 0.2) is 0 Å². The quantitative estimate of drug-likeness (QED) is 0.732. The van der Waals surface area contributed by atoms with Crippen molar-refractivity contribution >= 4 is 11.9 Å². The van der Waals surface area contributed by atoms with Crippen molar-refractivity contribution in [3.8, 4) is 0 Å². The molecule has 17 heavy (non-hydrogen) atoms. The summed E-state index contributed by atoms with van der Waals surface area (Å²) in [6.07, 6.45) is 0.561. The minimum Gasteiger partial charge on any atom is -0.480 e. The number of nitrogens with zero attached hydrogens (tertiary/aromatic N) is 1. The number of rotatable bonds is 6. The fourth-order valence-electron chi connectivity index (χ4n) is 1.75. The second-order valence-electron chi connectivity index (χ2n) is 5.18. The Balaban J connectivity index is 4.89. The van der Waals surface area contributed by atoms with Gasteiger partial charge in [-0.3, -0.25) is 4.79 Å². The summed E-state index contributed by atoms with van der Waals surface area (Å²) in [6.45, 7) is 9.07. The van der Waals surface area contributed by atoms with Gasteiger partial charge >= 0.3 is 5.97 Å². The maximum Gasteiger partial charge on any atom is 0.329 e. The maximum absolute atomic E-state index is 12.1. The fourth-order valence-corrected chi connectivity index (χ4v) is 1.75. The molecular weight excluding hydrogens is 220 g/mol. The van der Waals surface area contributed by atoms with Gasteiger partial charge in [0.05, 0.1) is 6.04 Å². The number of amides is 1. The summed E-state index contributed by atoms with van der Waals surface area (Å²) in [7, 11) is 0. The van der Waals surface area contributed by atoms with Crippen LogP contribution in [0.3, 0.4) is 0 Å². The van der Waals surface area contributed by atoms with Gasteiger partial charge in [-0.1, -0.05) is 13.8 Å². The number of nitrogens with two attached hydrogens (primary N) is 1. The Labute approximate surface area is 103 Å². The standard InChI is InChI=1S/C12H24N2O3/c1-6-14(12(4,5)11(16)17)10(15)9(13)7-8(2)3/h8-9H,6-7,13H2,1-5H3,(H,16,17)/t9-/m0/s1. The van der Waals surface area contributed by atoms with E-state index in [0.717, 1.165) is 0 Å². The van der Waals surface area contributed by atoms with Crippen LogP contribution in [0.25, 0.3) is 0 Å². The van der Waals surface area contributed by atoms with E-state index in [4.69, 9.17) is 10.8 Å². The average Bonchev–Trinajstić information content (AvgIpc) is 2.16. The number of likely N-dealkylation sites (N-methyl/N-ethyl adjacent to an activating group) is 1. The van der Waals surface area contributed by atoms with Crippen molar-refractivity contribution in [2.24, 2.45) is 11.7 Å². The second-order valence-corrected chi connectivity index (χ2v) is 5.18. The average molecular weight is 244 g/mol. The summed E-state index contributed by atoms with van der Waals surface area (Å²) in [5, 5.41) is 9.12. The lowest BCUT2D eigenvalue weighted by atomic mass is 9.98. The van der Waals surface area contributed by atoms with Crippen molar-refractivity contribution < 1.29 is 14.7 Å². The molecular formula is C12H24N2O3. The van der Waals surface area contributed by atoms with Gasteiger partial charge in [0.1, 0.15) is 5.54 Å². The summed E-state index contributed by atoms with van der Waals surface area (Å²) in [4.78, 5) is 24.6. The van der Waals surface area contributed by atoms with E-state index >= 15 is 0 Å². The number of hydrogen-bond donors (Lipinski definition) is 2. The van der Waals surface area contributed by atoms with Crippen LogP contribution in [0.1, 0.15) is 41.0 Å². The summed E-state index contributed by atoms with van der Waals surface area (Å²) in [5.74, 6) is -1.02. The van der Waals surface area contributed by atoms with Gasteiger partial charge < -0.3 is 15.7 Å². The molecule has 0 aliphatic rings. The zero-order valence-electron chi connectivity index (χ0n) is 11.4. The molecule has 0 fully saturated rings. The first kappa shape index (κ1) is 15.9. The molecule has 0 aromatic carbocycles. The highest BCUT2D eigenvalue weighted by Crippen LogP contribution is 2.17. The van der Waals surface area contributed by atoms with E-state index in [1.807, 2.05) is 13.8 Å². The molecule has 0 spiro atoms. The Morgan fingerprint density at radius 2 is 1.82 bits per heavy atom. The lowest BCUT2D eigenvalue weighted by Gasteiger charge is -2.36. The van der Waals surface area contributed by atoms with Crippen LogP contribution in [0.2, 0.25) is 0 Å². The Hall–Kier alpha value is -1.10. The van der Waals surface area contributed by atoms with Crippen molar-refractivity contribution in [2.75, 3.05) is 6.54 Å². The monoisotopic (exact) mass is 244 g/mol. The number of aliphatic carboxylic acids is 1. The smallest absolute Gasteiger partial charge is 0.329 e. The van der Waals surface area contributed by atoms with Gasteiger partial charge in [-0.05, 0) is 33.1 Å². The first-order valence-corrected chi connectivity index (χ1v) is 5.95. The third-order valence-corrected chi connectivity index (χ3v) is 2.82. The number of carboxylic acids is 1. The van der Waals surface area contributed by atoms with E-state index in [0.29, 0.717) is 18.9 Å². The molecule has 0 heterocycles. The van der Waals surface area contributed by atoms with Crippen molar-refractivity contribution in [3.63, 3.8) is 0 Å². The van der Waals surface area contributed by atoms with E-state index in [9.17, 15) is 9.59 Å². The molecule has 0 rings (SSSR count). The van der Waals surface area contributed by atoms with Crippen LogP contribution >= 0.6 is 0 Å². The van der Waals surface area contributed by atoms with Gasteiger partial charge in [-0.15, -0.1) is 0 Å². The summed E-state index contributed by atoms with van der Waals surface area (Å²) in [5.41, 5.74) is 4.59. The molecule has 3 N–H and O–H groups in total. The first-order valence-electron chi connectivity index (χ1n) is 5.95. The molecule has 5 heteroatoms. The first-order chi connectivity index (χ1) is 7.64. The van der Waals surface area contributed by atoms with Crippen molar-refractivity contribution in [2.45, 2.75) is 52.6 Å². The summed E-state index contributed by atoms with van der Waals surface area (Å²) >= 11 is 0. The third-order valence-electron chi connectivity index (χ3n) is 2.82. The number of carbonyl (C=O) groups is 2. The molecule has 0 aliphatic carbocycles. The number of carboxylic acid groups (broad SMARTS) is 1. The molecule has 1 atom stereocenters. The van der Waals surface area contributed by atoms with Crippen molar-refractivity contribution in [1.82, 2.24) is 4.90 Å². The van der Waals surface area contributed by atoms with Crippen LogP contribution in [-0.4, -0.2) is 40.0 Å². The van der Waals surface area contributed by atoms with Crippen LogP contribution in [0.4, 0.5) is 0 Å². The highest BCUT2D eigenvalue weighted by atomic mass is 16.4. The number of hydrogen-bond acceptors (Lipinski definition) is 3. The molecule has 0 bridgehead atoms. The fraction of sp³-hybridized carbons (Fsp3) is 0.833. The Kier molecular flexibility index (Phi) is 5.61. The molecule has 0 aromatic heterocycles. The topological polar surface area (TPSA) is 83.6 Å². The lowest BCUT2D eigenvalue weighted by Crippen LogP contribution is -2.57. The Bertz CT molecular complexity index is 287. The molecule has 1 amide bonds. The highest BCUT2D eigenvalue weighted by Gasteiger charge is 2.38. The predicted molar refractivity (Wildman–Crippen MR) is 66.5 cm³/mol. The molecule has 0 unspecified atom stereocenters. The van der Waals surface area contributed by atoms with Gasteiger partial charge in [-0.25, -0.2) is 4.79 Å². The van der Waals surface area contributed by atoms with Gasteiger partial charge in [0.2, 0.25) is 5.91 Å². The van der Waals surface area contributed by atoms with Crippen molar-refractivity contribution in [3.05, 3.63) is 0 Å². The summed E-state index contributed by atoms with van der Waals surface area (Å²) in [6, 6.07) is -0.631. The van der Waals surface area contributed by atoms with E-state index in [1.54, 1.807) is 6.92 Å². The zero-order valence-corrected chi connectivity index (χ0v) is 11.4. The Morgan fingerprint density at radius 3 is 2.12 bits per heavy atom. The van der Waals surface area contributed by atoms with E-state index in [-0.39, 0.29) is 5.91 Å². The summed E-state index contributed by atoms with van der Waals surface area (Å²) < 4.78 is 0. The highest BCUT2D eigenvalue weighted by molar-refractivity contribution is 5.89. The minimum absolute atomic E-state index is 0.298. The van der Waals surface area contributed by atoms with Gasteiger partial charge in [0.25, 0.3) is 0 Å².